The Labute approximate surface area is 186 Å². The fourth-order valence-corrected chi connectivity index (χ4v) is 5.26. The van der Waals surface area contributed by atoms with E-state index in [1.807, 2.05) is 7.05 Å². The number of aromatic nitrogens is 3. The Morgan fingerprint density at radius 3 is 2.74 bits per heavy atom. The number of amides is 1. The van der Waals surface area contributed by atoms with Crippen molar-refractivity contribution in [2.24, 2.45) is 10.9 Å². The average Bonchev–Trinajstić information content (AvgIpc) is 3.36. The summed E-state index contributed by atoms with van der Waals surface area (Å²) in [4.78, 5) is 19.2. The van der Waals surface area contributed by atoms with Crippen molar-refractivity contribution in [3.8, 4) is 0 Å². The smallest absolute Gasteiger partial charge is 0.225 e. The van der Waals surface area contributed by atoms with Gasteiger partial charge in [-0.05, 0) is 38.5 Å². The van der Waals surface area contributed by atoms with Crippen LogP contribution in [0.3, 0.4) is 0 Å². The van der Waals surface area contributed by atoms with Gasteiger partial charge in [0.1, 0.15) is 11.6 Å². The van der Waals surface area contributed by atoms with Gasteiger partial charge in [0.2, 0.25) is 5.91 Å². The second-order valence-corrected chi connectivity index (χ2v) is 9.35. The Kier molecular flexibility index (Phi) is 7.81. The van der Waals surface area contributed by atoms with Gasteiger partial charge >= 0.3 is 0 Å². The molecule has 31 heavy (non-hydrogen) atoms. The summed E-state index contributed by atoms with van der Waals surface area (Å²) < 4.78 is 2.33. The second-order valence-electron chi connectivity index (χ2n) is 9.35. The molecule has 0 radical (unpaired) electrons. The molecule has 1 amide bonds. The van der Waals surface area contributed by atoms with Crippen molar-refractivity contribution in [1.82, 2.24) is 30.3 Å². The third-order valence-electron chi connectivity index (χ3n) is 7.07. The van der Waals surface area contributed by atoms with Crippen LogP contribution in [0.15, 0.2) is 4.99 Å². The minimum Gasteiger partial charge on any atom is -0.356 e. The molecule has 8 heteroatoms. The fraction of sp³-hybridized carbons (Fsp3) is 0.826. The van der Waals surface area contributed by atoms with Crippen molar-refractivity contribution in [2.75, 3.05) is 26.7 Å². The first-order valence-corrected chi connectivity index (χ1v) is 12.4. The first-order valence-electron chi connectivity index (χ1n) is 12.4. The summed E-state index contributed by atoms with van der Waals surface area (Å²) in [5.74, 6) is 3.74. The first kappa shape index (κ1) is 22.1. The predicted octanol–water partition coefficient (Wildman–Crippen LogP) is 2.28. The highest BCUT2D eigenvalue weighted by atomic mass is 16.2. The number of hydrogen-bond donors (Lipinski definition) is 2. The highest BCUT2D eigenvalue weighted by Gasteiger charge is 2.31. The van der Waals surface area contributed by atoms with E-state index in [0.29, 0.717) is 5.91 Å². The number of guanidine groups is 1. The van der Waals surface area contributed by atoms with Crippen LogP contribution in [0.2, 0.25) is 0 Å². The lowest BCUT2D eigenvalue weighted by molar-refractivity contribution is -0.135. The molecular formula is C23H39N7O. The van der Waals surface area contributed by atoms with Gasteiger partial charge in [-0.25, -0.2) is 0 Å². The maximum absolute atomic E-state index is 12.8. The van der Waals surface area contributed by atoms with Crippen LogP contribution < -0.4 is 10.6 Å². The summed E-state index contributed by atoms with van der Waals surface area (Å²) in [6, 6.07) is 0.283. The summed E-state index contributed by atoms with van der Waals surface area (Å²) in [5, 5.41) is 15.8. The number of carbonyl (C=O) groups excluding carboxylic acids is 1. The molecule has 1 aromatic rings. The van der Waals surface area contributed by atoms with E-state index in [4.69, 9.17) is 0 Å². The lowest BCUT2D eigenvalue weighted by Crippen LogP contribution is -2.45. The van der Waals surface area contributed by atoms with Crippen molar-refractivity contribution in [2.45, 2.75) is 89.6 Å². The molecular weight excluding hydrogens is 390 g/mol. The number of aryl methyl sites for hydroxylation is 2. The molecule has 1 saturated heterocycles. The molecule has 1 aromatic heterocycles. The van der Waals surface area contributed by atoms with Crippen LogP contribution in [-0.4, -0.2) is 64.3 Å². The third kappa shape index (κ3) is 5.77. The van der Waals surface area contributed by atoms with Gasteiger partial charge in [0.25, 0.3) is 0 Å². The van der Waals surface area contributed by atoms with Gasteiger partial charge < -0.3 is 20.1 Å². The summed E-state index contributed by atoms with van der Waals surface area (Å²) in [5.41, 5.74) is 0. The molecule has 1 unspecified atom stereocenters. The van der Waals surface area contributed by atoms with Crippen molar-refractivity contribution < 1.29 is 4.79 Å². The van der Waals surface area contributed by atoms with Gasteiger partial charge in [0, 0.05) is 58.0 Å². The molecule has 3 aliphatic rings. The number of hydrogen-bond acceptors (Lipinski definition) is 4. The molecule has 2 N–H and O–H groups in total. The summed E-state index contributed by atoms with van der Waals surface area (Å²) >= 11 is 0. The maximum Gasteiger partial charge on any atom is 0.225 e. The first-order chi connectivity index (χ1) is 15.2. The van der Waals surface area contributed by atoms with Crippen LogP contribution in [0.1, 0.15) is 75.9 Å². The standard InChI is InChI=1S/C23H39N7O/c1-24-23(25-14-8-12-21-28-27-20-11-6-3-7-15-30(20)21)26-19-13-16-29(17-19)22(31)18-9-4-2-5-10-18/h18-19H,2-17H2,1H3,(H2,24,25,26). The molecule has 3 heterocycles. The fourth-order valence-electron chi connectivity index (χ4n) is 5.26. The van der Waals surface area contributed by atoms with E-state index >= 15 is 0 Å². The number of carbonyl (C=O) groups is 1. The average molecular weight is 430 g/mol. The molecule has 8 nitrogen and oxygen atoms in total. The Morgan fingerprint density at radius 2 is 1.90 bits per heavy atom. The molecule has 2 fully saturated rings. The van der Waals surface area contributed by atoms with E-state index in [9.17, 15) is 4.79 Å². The van der Waals surface area contributed by atoms with Crippen LogP contribution in [0.25, 0.3) is 0 Å². The number of nitrogens with zero attached hydrogens (tertiary/aromatic N) is 5. The maximum atomic E-state index is 12.8. The number of likely N-dealkylation sites (tertiary alicyclic amines) is 1. The minimum absolute atomic E-state index is 0.261. The zero-order valence-electron chi connectivity index (χ0n) is 19.1. The van der Waals surface area contributed by atoms with Crippen LogP contribution >= 0.6 is 0 Å². The summed E-state index contributed by atoms with van der Waals surface area (Å²) in [7, 11) is 1.81. The number of nitrogens with one attached hydrogen (secondary N) is 2. The van der Waals surface area contributed by atoms with Gasteiger partial charge in [0.15, 0.2) is 5.96 Å². The Morgan fingerprint density at radius 1 is 1.06 bits per heavy atom. The van der Waals surface area contributed by atoms with Gasteiger partial charge in [-0.3, -0.25) is 9.79 Å². The monoisotopic (exact) mass is 429 g/mol. The van der Waals surface area contributed by atoms with Gasteiger partial charge in [-0.1, -0.05) is 25.7 Å². The quantitative estimate of drug-likeness (QED) is 0.412. The normalized spacial score (nSPS) is 22.8. The lowest BCUT2D eigenvalue weighted by atomic mass is 9.88. The molecule has 0 spiro atoms. The van der Waals surface area contributed by atoms with E-state index in [2.05, 4.69) is 35.3 Å². The number of fused-ring (bicyclic) bond motifs is 1. The summed E-state index contributed by atoms with van der Waals surface area (Å²) in [6.07, 6.45) is 13.6. The Bertz CT molecular complexity index is 753. The third-order valence-corrected chi connectivity index (χ3v) is 7.07. The van der Waals surface area contributed by atoms with Crippen molar-refractivity contribution in [1.29, 1.82) is 0 Å². The highest BCUT2D eigenvalue weighted by Crippen LogP contribution is 2.26. The van der Waals surface area contributed by atoms with Crippen molar-refractivity contribution in [3.05, 3.63) is 11.6 Å². The van der Waals surface area contributed by atoms with Gasteiger partial charge in [-0.15, -0.1) is 10.2 Å². The zero-order chi connectivity index (χ0) is 21.5. The van der Waals surface area contributed by atoms with Gasteiger partial charge in [0.05, 0.1) is 0 Å². The molecule has 1 saturated carbocycles. The van der Waals surface area contributed by atoms with Crippen LogP contribution in [0.4, 0.5) is 0 Å². The van der Waals surface area contributed by atoms with Gasteiger partial charge in [-0.2, -0.15) is 0 Å². The van der Waals surface area contributed by atoms with E-state index in [0.717, 1.165) is 82.3 Å². The van der Waals surface area contributed by atoms with Crippen LogP contribution in [0.5, 0.6) is 0 Å². The molecule has 0 aromatic carbocycles. The lowest BCUT2D eigenvalue weighted by Gasteiger charge is -2.26. The van der Waals surface area contributed by atoms with Crippen LogP contribution in [0, 0.1) is 5.92 Å². The molecule has 1 aliphatic carbocycles. The van der Waals surface area contributed by atoms with Crippen molar-refractivity contribution in [3.63, 3.8) is 0 Å². The molecule has 2 aliphatic heterocycles. The number of aliphatic imine (C=N–C) groups is 1. The largest absolute Gasteiger partial charge is 0.356 e. The van der Waals surface area contributed by atoms with Crippen molar-refractivity contribution >= 4 is 11.9 Å². The summed E-state index contributed by atoms with van der Waals surface area (Å²) in [6.45, 7) is 3.56. The highest BCUT2D eigenvalue weighted by molar-refractivity contribution is 5.81. The van der Waals surface area contributed by atoms with E-state index < -0.39 is 0 Å². The number of rotatable bonds is 6. The molecule has 1 atom stereocenters. The topological polar surface area (TPSA) is 87.4 Å². The zero-order valence-corrected chi connectivity index (χ0v) is 19.1. The Hall–Kier alpha value is -2.12. The predicted molar refractivity (Wildman–Crippen MR) is 122 cm³/mol. The van der Waals surface area contributed by atoms with E-state index in [-0.39, 0.29) is 12.0 Å². The van der Waals surface area contributed by atoms with E-state index in [1.54, 1.807) is 0 Å². The Balaban J connectivity index is 1.17. The molecule has 0 bridgehead atoms. The second kappa shape index (κ2) is 11.0. The molecule has 172 valence electrons. The minimum atomic E-state index is 0.261. The molecule has 4 rings (SSSR count). The van der Waals surface area contributed by atoms with Crippen LogP contribution in [-0.2, 0) is 24.2 Å². The van der Waals surface area contributed by atoms with E-state index in [1.165, 1.54) is 38.5 Å². The SMILES string of the molecule is CN=C(NCCCc1nnc2n1CCCCC2)NC1CCN(C(=O)C2CCCCC2)C1.